The Morgan fingerprint density at radius 1 is 1.04 bits per heavy atom. The lowest BCUT2D eigenvalue weighted by molar-refractivity contribution is 0.0698. The third-order valence-corrected chi connectivity index (χ3v) is 3.45. The maximum absolute atomic E-state index is 12.0. The minimum atomic E-state index is -1.17. The molecule has 23 heavy (non-hydrogen) atoms. The molecular weight excluding hydrogens is 359 g/mol. The van der Waals surface area contributed by atoms with E-state index < -0.39 is 11.9 Å². The number of benzene rings is 2. The summed E-state index contributed by atoms with van der Waals surface area (Å²) in [6.45, 7) is 0. The van der Waals surface area contributed by atoms with Crippen molar-refractivity contribution in [2.24, 2.45) is 0 Å². The molecule has 2 aromatic rings. The van der Waals surface area contributed by atoms with Gasteiger partial charge in [-0.15, -0.1) is 0 Å². The lowest BCUT2D eigenvalue weighted by Gasteiger charge is -2.12. The van der Waals surface area contributed by atoms with Gasteiger partial charge in [0, 0.05) is 15.6 Å². The first kappa shape index (κ1) is 17.2. The number of amides is 1. The van der Waals surface area contributed by atoms with Crippen LogP contribution in [0.4, 0.5) is 5.69 Å². The van der Waals surface area contributed by atoms with E-state index in [9.17, 15) is 9.59 Å². The van der Waals surface area contributed by atoms with Crippen molar-refractivity contribution in [3.8, 4) is 0 Å². The Balaban J connectivity index is 2.11. The van der Waals surface area contributed by atoms with Crippen molar-refractivity contribution in [2.75, 3.05) is 5.32 Å². The van der Waals surface area contributed by atoms with Gasteiger partial charge in [0.1, 0.15) is 0 Å². The number of aromatic carboxylic acids is 1. The van der Waals surface area contributed by atoms with Crippen LogP contribution in [-0.2, 0) is 0 Å². The van der Waals surface area contributed by atoms with E-state index in [1.165, 1.54) is 24.3 Å². The summed E-state index contributed by atoms with van der Waals surface area (Å²) in [6, 6.07) is 10.6. The number of carbonyl (C=O) groups excluding carboxylic acids is 1. The van der Waals surface area contributed by atoms with Crippen LogP contribution in [0.15, 0.2) is 42.5 Å². The number of carboxylic acid groups (broad SMARTS) is 1. The monoisotopic (exact) mass is 368 g/mol. The number of rotatable bonds is 3. The van der Waals surface area contributed by atoms with E-state index in [1.54, 1.807) is 18.2 Å². The van der Waals surface area contributed by atoms with E-state index in [4.69, 9.17) is 40.5 Å². The molecule has 0 aliphatic heterocycles. The van der Waals surface area contributed by atoms with E-state index in [0.717, 1.165) is 0 Å². The fraction of sp³-hybridized carbons (Fsp3) is 0. The van der Waals surface area contributed by atoms with Crippen LogP contribution in [0.3, 0.4) is 0 Å². The molecule has 0 heterocycles. The van der Waals surface area contributed by atoms with Gasteiger partial charge in [-0.25, -0.2) is 4.79 Å². The maximum Gasteiger partial charge on any atom is 0.337 e. The van der Waals surface area contributed by atoms with E-state index >= 15 is 0 Å². The van der Waals surface area contributed by atoms with Crippen molar-refractivity contribution in [2.45, 2.75) is 0 Å². The van der Waals surface area contributed by atoms with Crippen LogP contribution in [-0.4, -0.2) is 22.1 Å². The minimum absolute atomic E-state index is 0.0419. The average Bonchev–Trinajstić information content (AvgIpc) is 2.48. The summed E-state index contributed by atoms with van der Waals surface area (Å²) >= 11 is 16.6. The number of hydrogen-bond donors (Lipinski definition) is 3. The number of halogens is 2. The van der Waals surface area contributed by atoms with Crippen molar-refractivity contribution in [3.63, 3.8) is 0 Å². The van der Waals surface area contributed by atoms with E-state index in [0.29, 0.717) is 10.6 Å². The summed E-state index contributed by atoms with van der Waals surface area (Å²) in [4.78, 5) is 23.2. The van der Waals surface area contributed by atoms with Gasteiger partial charge in [-0.05, 0) is 48.6 Å². The number of nitrogens with one attached hydrogen (secondary N) is 2. The van der Waals surface area contributed by atoms with Crippen LogP contribution in [0.25, 0.3) is 0 Å². The Bertz CT molecular complexity index is 796. The van der Waals surface area contributed by atoms with Crippen molar-refractivity contribution >= 4 is 58.1 Å². The van der Waals surface area contributed by atoms with Crippen molar-refractivity contribution in [1.29, 1.82) is 0 Å². The standard InChI is InChI=1S/C15H10Cl2N2O3S/c16-9-3-1-2-8(6-9)13(20)19-15(23)18-12-5-4-10(17)7-11(12)14(21)22/h1-7H,(H,21,22)(H2,18,19,20,23). The summed E-state index contributed by atoms with van der Waals surface area (Å²) in [5, 5.41) is 14.9. The number of thiocarbonyl (C=S) groups is 1. The molecule has 3 N–H and O–H groups in total. The summed E-state index contributed by atoms with van der Waals surface area (Å²) in [5.41, 5.74) is 0.492. The van der Waals surface area contributed by atoms with Crippen molar-refractivity contribution in [1.82, 2.24) is 5.32 Å². The Morgan fingerprint density at radius 2 is 1.74 bits per heavy atom. The maximum atomic E-state index is 12.0. The van der Waals surface area contributed by atoms with E-state index in [1.807, 2.05) is 0 Å². The predicted molar refractivity (Wildman–Crippen MR) is 93.6 cm³/mol. The minimum Gasteiger partial charge on any atom is -0.478 e. The first-order valence-electron chi connectivity index (χ1n) is 6.27. The molecule has 0 aliphatic carbocycles. The van der Waals surface area contributed by atoms with Crippen molar-refractivity contribution < 1.29 is 14.7 Å². The summed E-state index contributed by atoms with van der Waals surface area (Å²) in [6.07, 6.45) is 0. The van der Waals surface area contributed by atoms with Crippen LogP contribution in [0.5, 0.6) is 0 Å². The smallest absolute Gasteiger partial charge is 0.337 e. The molecule has 2 rings (SSSR count). The zero-order valence-corrected chi connectivity index (χ0v) is 13.8. The number of carbonyl (C=O) groups is 2. The Morgan fingerprint density at radius 3 is 2.39 bits per heavy atom. The predicted octanol–water partition coefficient (Wildman–Crippen LogP) is 3.82. The second-order valence-corrected chi connectivity index (χ2v) is 5.69. The summed E-state index contributed by atoms with van der Waals surface area (Å²) in [7, 11) is 0. The molecule has 0 atom stereocenters. The molecule has 2 aromatic carbocycles. The molecule has 0 radical (unpaired) electrons. The highest BCUT2D eigenvalue weighted by molar-refractivity contribution is 7.80. The first-order valence-corrected chi connectivity index (χ1v) is 7.44. The SMILES string of the molecule is O=C(NC(=S)Nc1ccc(Cl)cc1C(=O)O)c1cccc(Cl)c1. The van der Waals surface area contributed by atoms with Gasteiger partial charge in [0.05, 0.1) is 11.3 Å². The normalized spacial score (nSPS) is 10.0. The number of carboxylic acids is 1. The van der Waals surface area contributed by atoms with Crippen molar-refractivity contribution in [3.05, 3.63) is 63.6 Å². The van der Waals surface area contributed by atoms with Crippen LogP contribution >= 0.6 is 35.4 Å². The average molecular weight is 369 g/mol. The van der Waals surface area contributed by atoms with Crippen LogP contribution < -0.4 is 10.6 Å². The lowest BCUT2D eigenvalue weighted by atomic mass is 10.2. The first-order chi connectivity index (χ1) is 10.9. The highest BCUT2D eigenvalue weighted by Gasteiger charge is 2.13. The molecule has 1 amide bonds. The highest BCUT2D eigenvalue weighted by atomic mass is 35.5. The third kappa shape index (κ3) is 4.66. The molecule has 0 bridgehead atoms. The fourth-order valence-corrected chi connectivity index (χ4v) is 2.33. The molecule has 0 fully saturated rings. The summed E-state index contributed by atoms with van der Waals surface area (Å²) < 4.78 is 0. The number of hydrogen-bond acceptors (Lipinski definition) is 3. The molecule has 0 saturated carbocycles. The quantitative estimate of drug-likeness (QED) is 0.717. The van der Waals surface area contributed by atoms with Gasteiger partial charge >= 0.3 is 5.97 Å². The molecule has 0 aliphatic rings. The Kier molecular flexibility index (Phi) is 5.54. The molecule has 5 nitrogen and oxygen atoms in total. The van der Waals surface area contributed by atoms with Gasteiger partial charge in [0.15, 0.2) is 5.11 Å². The molecule has 0 saturated heterocycles. The molecule has 0 unspecified atom stereocenters. The zero-order valence-electron chi connectivity index (χ0n) is 11.5. The zero-order chi connectivity index (χ0) is 17.0. The molecule has 0 aromatic heterocycles. The van der Waals surface area contributed by atoms with Gasteiger partial charge in [-0.1, -0.05) is 29.3 Å². The van der Waals surface area contributed by atoms with E-state index in [-0.39, 0.29) is 21.4 Å². The third-order valence-electron chi connectivity index (χ3n) is 2.77. The lowest BCUT2D eigenvalue weighted by Crippen LogP contribution is -2.34. The molecule has 0 spiro atoms. The highest BCUT2D eigenvalue weighted by Crippen LogP contribution is 2.20. The van der Waals surface area contributed by atoms with Crippen LogP contribution in [0.1, 0.15) is 20.7 Å². The second kappa shape index (κ2) is 7.41. The fourth-order valence-electron chi connectivity index (χ4n) is 1.76. The van der Waals surface area contributed by atoms with E-state index in [2.05, 4.69) is 10.6 Å². The molecule has 118 valence electrons. The molecule has 8 heteroatoms. The Labute approximate surface area is 147 Å². The van der Waals surface area contributed by atoms with Gasteiger partial charge in [-0.2, -0.15) is 0 Å². The topological polar surface area (TPSA) is 78.4 Å². The number of anilines is 1. The van der Waals surface area contributed by atoms with Gasteiger partial charge in [0.25, 0.3) is 5.91 Å². The second-order valence-electron chi connectivity index (χ2n) is 4.41. The van der Waals surface area contributed by atoms with Crippen LogP contribution in [0, 0.1) is 0 Å². The molecular formula is C15H10Cl2N2O3S. The van der Waals surface area contributed by atoms with Gasteiger partial charge in [-0.3, -0.25) is 10.1 Å². The van der Waals surface area contributed by atoms with Crippen LogP contribution in [0.2, 0.25) is 10.0 Å². The largest absolute Gasteiger partial charge is 0.478 e. The van der Waals surface area contributed by atoms with Gasteiger partial charge in [0.2, 0.25) is 0 Å². The Hall–Kier alpha value is -2.15. The van der Waals surface area contributed by atoms with Gasteiger partial charge < -0.3 is 10.4 Å². The summed E-state index contributed by atoms with van der Waals surface area (Å²) in [5.74, 6) is -1.63.